The first-order chi connectivity index (χ1) is 12.1. The molecule has 0 atom stereocenters. The molecule has 0 saturated heterocycles. The van der Waals surface area contributed by atoms with Crippen LogP contribution in [0.15, 0.2) is 54.6 Å². The average molecular weight is 357 g/mol. The van der Waals surface area contributed by atoms with E-state index in [1.807, 2.05) is 37.3 Å². The summed E-state index contributed by atoms with van der Waals surface area (Å²) in [6.45, 7) is 2.60. The molecular weight excluding hydrogens is 339 g/mol. The van der Waals surface area contributed by atoms with Crippen LogP contribution in [0.25, 0.3) is 0 Å². The van der Waals surface area contributed by atoms with Crippen molar-refractivity contribution in [3.05, 3.63) is 76.7 Å². The van der Waals surface area contributed by atoms with E-state index in [1.54, 1.807) is 12.1 Å². The standard InChI is InChI=1S/C19H18ClFN4/c1-13-11-18(24-17-7-5-16(21)6-8-17)25-19(23-13)22-10-9-14-3-2-4-15(20)12-14/h2-8,11-12H,9-10H2,1H3,(H2,22,23,24,25). The van der Waals surface area contributed by atoms with Crippen LogP contribution in [-0.2, 0) is 6.42 Å². The number of benzene rings is 2. The van der Waals surface area contributed by atoms with Crippen LogP contribution >= 0.6 is 11.6 Å². The van der Waals surface area contributed by atoms with E-state index in [2.05, 4.69) is 20.6 Å². The minimum absolute atomic E-state index is 0.271. The first-order valence-corrected chi connectivity index (χ1v) is 8.33. The molecule has 6 heteroatoms. The van der Waals surface area contributed by atoms with Gasteiger partial charge in [0, 0.05) is 29.0 Å². The van der Waals surface area contributed by atoms with Crippen molar-refractivity contribution in [1.82, 2.24) is 9.97 Å². The van der Waals surface area contributed by atoms with Gasteiger partial charge >= 0.3 is 0 Å². The Labute approximate surface area is 151 Å². The molecule has 25 heavy (non-hydrogen) atoms. The van der Waals surface area contributed by atoms with Crippen LogP contribution in [0.2, 0.25) is 5.02 Å². The second-order valence-electron chi connectivity index (χ2n) is 5.66. The summed E-state index contributed by atoms with van der Waals surface area (Å²) in [5.41, 5.74) is 2.76. The molecule has 3 rings (SSSR count). The minimum Gasteiger partial charge on any atom is -0.354 e. The van der Waals surface area contributed by atoms with Gasteiger partial charge in [-0.2, -0.15) is 4.98 Å². The van der Waals surface area contributed by atoms with Crippen molar-refractivity contribution in [2.24, 2.45) is 0 Å². The molecule has 0 aliphatic carbocycles. The number of hydrogen-bond acceptors (Lipinski definition) is 4. The second-order valence-corrected chi connectivity index (χ2v) is 6.09. The topological polar surface area (TPSA) is 49.8 Å². The number of aromatic nitrogens is 2. The SMILES string of the molecule is Cc1cc(Nc2ccc(F)cc2)nc(NCCc2cccc(Cl)c2)n1. The zero-order chi connectivity index (χ0) is 17.6. The van der Waals surface area contributed by atoms with E-state index < -0.39 is 0 Å². The van der Waals surface area contributed by atoms with E-state index in [1.165, 1.54) is 12.1 Å². The molecule has 2 aromatic carbocycles. The van der Waals surface area contributed by atoms with Crippen LogP contribution in [0, 0.1) is 12.7 Å². The van der Waals surface area contributed by atoms with Crippen molar-refractivity contribution in [2.45, 2.75) is 13.3 Å². The van der Waals surface area contributed by atoms with Gasteiger partial charge in [-0.3, -0.25) is 0 Å². The van der Waals surface area contributed by atoms with Crippen LogP contribution in [0.5, 0.6) is 0 Å². The Bertz CT molecular complexity index is 852. The Hall–Kier alpha value is -2.66. The molecule has 0 bridgehead atoms. The Morgan fingerprint density at radius 3 is 2.60 bits per heavy atom. The molecule has 1 heterocycles. The maximum Gasteiger partial charge on any atom is 0.224 e. The predicted molar refractivity (Wildman–Crippen MR) is 100 cm³/mol. The molecule has 0 fully saturated rings. The van der Waals surface area contributed by atoms with Gasteiger partial charge in [-0.15, -0.1) is 0 Å². The Morgan fingerprint density at radius 2 is 1.84 bits per heavy atom. The van der Waals surface area contributed by atoms with Gasteiger partial charge in [0.2, 0.25) is 5.95 Å². The normalized spacial score (nSPS) is 10.5. The first-order valence-electron chi connectivity index (χ1n) is 7.95. The molecule has 0 spiro atoms. The number of halogens is 2. The molecule has 0 aliphatic heterocycles. The van der Waals surface area contributed by atoms with E-state index in [0.29, 0.717) is 18.3 Å². The lowest BCUT2D eigenvalue weighted by atomic mass is 10.1. The van der Waals surface area contributed by atoms with E-state index >= 15 is 0 Å². The van der Waals surface area contributed by atoms with Crippen LogP contribution in [0.4, 0.5) is 21.8 Å². The molecule has 0 saturated carbocycles. The minimum atomic E-state index is -0.271. The van der Waals surface area contributed by atoms with Crippen molar-refractivity contribution in [1.29, 1.82) is 0 Å². The van der Waals surface area contributed by atoms with Crippen LogP contribution in [0.3, 0.4) is 0 Å². The lowest BCUT2D eigenvalue weighted by Crippen LogP contribution is -2.09. The highest BCUT2D eigenvalue weighted by atomic mass is 35.5. The van der Waals surface area contributed by atoms with Crippen molar-refractivity contribution in [2.75, 3.05) is 17.2 Å². The molecule has 0 aliphatic rings. The lowest BCUT2D eigenvalue weighted by Gasteiger charge is -2.10. The van der Waals surface area contributed by atoms with E-state index in [-0.39, 0.29) is 5.82 Å². The predicted octanol–water partition coefficient (Wildman–Crippen LogP) is 4.98. The summed E-state index contributed by atoms with van der Waals surface area (Å²) >= 11 is 5.99. The monoisotopic (exact) mass is 356 g/mol. The summed E-state index contributed by atoms with van der Waals surface area (Å²) < 4.78 is 13.0. The van der Waals surface area contributed by atoms with Crippen molar-refractivity contribution in [3.63, 3.8) is 0 Å². The number of aryl methyl sites for hydroxylation is 1. The Balaban J connectivity index is 1.63. The van der Waals surface area contributed by atoms with Gasteiger partial charge < -0.3 is 10.6 Å². The third-order valence-corrected chi connectivity index (χ3v) is 3.79. The highest BCUT2D eigenvalue weighted by Gasteiger charge is 2.03. The summed E-state index contributed by atoms with van der Waals surface area (Å²) in [7, 11) is 0. The van der Waals surface area contributed by atoms with E-state index in [4.69, 9.17) is 11.6 Å². The van der Waals surface area contributed by atoms with Gasteiger partial charge in [0.15, 0.2) is 0 Å². The smallest absolute Gasteiger partial charge is 0.224 e. The molecule has 0 radical (unpaired) electrons. The lowest BCUT2D eigenvalue weighted by molar-refractivity contribution is 0.628. The summed E-state index contributed by atoms with van der Waals surface area (Å²) in [6.07, 6.45) is 0.818. The largest absolute Gasteiger partial charge is 0.354 e. The van der Waals surface area contributed by atoms with Crippen LogP contribution in [0.1, 0.15) is 11.3 Å². The number of nitrogens with zero attached hydrogens (tertiary/aromatic N) is 2. The van der Waals surface area contributed by atoms with Crippen molar-refractivity contribution < 1.29 is 4.39 Å². The van der Waals surface area contributed by atoms with Gasteiger partial charge in [0.25, 0.3) is 0 Å². The van der Waals surface area contributed by atoms with E-state index in [9.17, 15) is 4.39 Å². The first kappa shape index (κ1) is 17.2. The summed E-state index contributed by atoms with van der Waals surface area (Å²) in [6, 6.07) is 15.7. The van der Waals surface area contributed by atoms with Crippen molar-refractivity contribution >= 4 is 29.1 Å². The van der Waals surface area contributed by atoms with Crippen LogP contribution in [-0.4, -0.2) is 16.5 Å². The maximum atomic E-state index is 13.0. The molecule has 4 nitrogen and oxygen atoms in total. The Morgan fingerprint density at radius 1 is 1.04 bits per heavy atom. The van der Waals surface area contributed by atoms with Crippen molar-refractivity contribution in [3.8, 4) is 0 Å². The van der Waals surface area contributed by atoms with Gasteiger partial charge in [-0.25, -0.2) is 9.37 Å². The third-order valence-electron chi connectivity index (χ3n) is 3.56. The Kier molecular flexibility index (Phi) is 5.46. The summed E-state index contributed by atoms with van der Waals surface area (Å²) in [4.78, 5) is 8.84. The molecule has 0 unspecified atom stereocenters. The summed E-state index contributed by atoms with van der Waals surface area (Å²) in [5.74, 6) is 0.934. The number of anilines is 3. The van der Waals surface area contributed by atoms with E-state index in [0.717, 1.165) is 28.4 Å². The van der Waals surface area contributed by atoms with Crippen LogP contribution < -0.4 is 10.6 Å². The fourth-order valence-corrected chi connectivity index (χ4v) is 2.62. The molecule has 1 aromatic heterocycles. The van der Waals surface area contributed by atoms with Gasteiger partial charge in [-0.1, -0.05) is 23.7 Å². The number of rotatable bonds is 6. The second kappa shape index (κ2) is 7.94. The third kappa shape index (κ3) is 5.16. The van der Waals surface area contributed by atoms with Gasteiger partial charge in [0.05, 0.1) is 0 Å². The average Bonchev–Trinajstić information content (AvgIpc) is 2.57. The van der Waals surface area contributed by atoms with Gasteiger partial charge in [0.1, 0.15) is 11.6 Å². The fourth-order valence-electron chi connectivity index (χ4n) is 2.40. The molecule has 128 valence electrons. The zero-order valence-corrected chi connectivity index (χ0v) is 14.5. The highest BCUT2D eigenvalue weighted by Crippen LogP contribution is 2.17. The fraction of sp³-hybridized carbons (Fsp3) is 0.158. The molecule has 2 N–H and O–H groups in total. The molecular formula is C19H18ClFN4. The summed E-state index contributed by atoms with van der Waals surface area (Å²) in [5, 5.41) is 7.11. The number of hydrogen-bond donors (Lipinski definition) is 2. The van der Waals surface area contributed by atoms with Gasteiger partial charge in [-0.05, 0) is 55.3 Å². The number of nitrogens with one attached hydrogen (secondary N) is 2. The highest BCUT2D eigenvalue weighted by molar-refractivity contribution is 6.30. The zero-order valence-electron chi connectivity index (χ0n) is 13.8. The molecule has 0 amide bonds. The molecule has 3 aromatic rings. The maximum absolute atomic E-state index is 13.0. The quantitative estimate of drug-likeness (QED) is 0.654.